The molecule has 0 bridgehead atoms. The van der Waals surface area contributed by atoms with E-state index >= 15 is 0 Å². The van der Waals surface area contributed by atoms with Crippen molar-refractivity contribution in [1.29, 1.82) is 0 Å². The van der Waals surface area contributed by atoms with Crippen LogP contribution < -0.4 is 14.8 Å². The van der Waals surface area contributed by atoms with Crippen molar-refractivity contribution in [2.24, 2.45) is 0 Å². The van der Waals surface area contributed by atoms with Crippen molar-refractivity contribution in [3.63, 3.8) is 0 Å². The molecule has 1 saturated heterocycles. The molecule has 0 unspecified atom stereocenters. The molecule has 0 aromatic heterocycles. The molecule has 0 radical (unpaired) electrons. The molecule has 10 heteroatoms. The van der Waals surface area contributed by atoms with Gasteiger partial charge >= 0.3 is 6.18 Å². The van der Waals surface area contributed by atoms with Crippen molar-refractivity contribution in [1.82, 2.24) is 9.80 Å². The van der Waals surface area contributed by atoms with Crippen LogP contribution in [0.4, 0.5) is 18.9 Å². The van der Waals surface area contributed by atoms with E-state index in [9.17, 15) is 18.0 Å². The number of hydrogen-bond donors (Lipinski definition) is 1. The summed E-state index contributed by atoms with van der Waals surface area (Å²) in [6.45, 7) is 3.56. The molecule has 1 N–H and O–H groups in total. The number of hydrogen-bond acceptors (Lipinski definition) is 5. The van der Waals surface area contributed by atoms with Crippen LogP contribution in [0.1, 0.15) is 11.1 Å². The number of halogens is 4. The third kappa shape index (κ3) is 6.27. The van der Waals surface area contributed by atoms with Gasteiger partial charge in [0.05, 0.1) is 37.0 Å². The molecule has 174 valence electrons. The number of nitrogens with one attached hydrogen (secondary N) is 1. The Bertz CT molecular complexity index is 930. The van der Waals surface area contributed by atoms with Crippen LogP contribution in [0.3, 0.4) is 0 Å². The summed E-state index contributed by atoms with van der Waals surface area (Å²) in [5.74, 6) is 0.675. The minimum Gasteiger partial charge on any atom is -0.495 e. The second-order valence-corrected chi connectivity index (χ2v) is 7.89. The number of carbonyl (C=O) groups excluding carboxylic acids is 1. The summed E-state index contributed by atoms with van der Waals surface area (Å²) in [7, 11) is 2.98. The molecule has 1 aliphatic heterocycles. The van der Waals surface area contributed by atoms with Crippen molar-refractivity contribution in [3.8, 4) is 11.5 Å². The van der Waals surface area contributed by atoms with Crippen LogP contribution >= 0.6 is 11.6 Å². The number of ether oxygens (including phenoxy) is 2. The van der Waals surface area contributed by atoms with Gasteiger partial charge in [-0.25, -0.2) is 0 Å². The Kier molecular flexibility index (Phi) is 7.86. The molecule has 0 saturated carbocycles. The van der Waals surface area contributed by atoms with E-state index in [1.165, 1.54) is 26.4 Å². The van der Waals surface area contributed by atoms with E-state index in [4.69, 9.17) is 21.1 Å². The van der Waals surface area contributed by atoms with Crippen molar-refractivity contribution < 1.29 is 27.4 Å². The first-order valence-corrected chi connectivity index (χ1v) is 10.4. The van der Waals surface area contributed by atoms with E-state index in [0.717, 1.165) is 17.7 Å². The largest absolute Gasteiger partial charge is 0.495 e. The molecular formula is C22H25ClF3N3O3. The number of piperazine rings is 1. The Hall–Kier alpha value is -2.49. The van der Waals surface area contributed by atoms with Crippen LogP contribution in [-0.2, 0) is 17.5 Å². The number of methoxy groups -OCH3 is 2. The maximum Gasteiger partial charge on any atom is 0.416 e. The van der Waals surface area contributed by atoms with Crippen molar-refractivity contribution in [3.05, 3.63) is 52.5 Å². The normalized spacial score (nSPS) is 15.4. The van der Waals surface area contributed by atoms with Crippen molar-refractivity contribution in [2.75, 3.05) is 52.3 Å². The number of alkyl halides is 3. The predicted molar refractivity (Wildman–Crippen MR) is 116 cm³/mol. The quantitative estimate of drug-likeness (QED) is 0.658. The standard InChI is InChI=1S/C22H25ClF3N3O3/c1-31-19-12-18(20(32-2)11-17(19)23)27-21(30)14-29-9-7-28(8-10-29)13-15-3-5-16(6-4-15)22(24,25)26/h3-6,11-12H,7-10,13-14H2,1-2H3,(H,27,30). The molecule has 6 nitrogen and oxygen atoms in total. The summed E-state index contributed by atoms with van der Waals surface area (Å²) in [4.78, 5) is 16.7. The maximum absolute atomic E-state index is 12.7. The zero-order valence-corrected chi connectivity index (χ0v) is 18.6. The van der Waals surface area contributed by atoms with E-state index in [-0.39, 0.29) is 12.5 Å². The SMILES string of the molecule is COc1cc(NC(=O)CN2CCN(Cc3ccc(C(F)(F)F)cc3)CC2)c(OC)cc1Cl. The summed E-state index contributed by atoms with van der Waals surface area (Å²) < 4.78 is 48.5. The second kappa shape index (κ2) is 10.4. The van der Waals surface area contributed by atoms with Crippen LogP contribution in [0.15, 0.2) is 36.4 Å². The molecular weight excluding hydrogens is 447 g/mol. The predicted octanol–water partition coefficient (Wildman–Crippen LogP) is 4.13. The Labute approximate surface area is 189 Å². The third-order valence-corrected chi connectivity index (χ3v) is 5.56. The molecule has 2 aromatic carbocycles. The molecule has 1 fully saturated rings. The summed E-state index contributed by atoms with van der Waals surface area (Å²) in [5, 5.41) is 3.21. The first-order valence-electron chi connectivity index (χ1n) is 10.0. The van der Waals surface area contributed by atoms with Crippen molar-refractivity contribution in [2.45, 2.75) is 12.7 Å². The zero-order valence-electron chi connectivity index (χ0n) is 17.8. The molecule has 0 spiro atoms. The average Bonchev–Trinajstić information content (AvgIpc) is 2.75. The molecule has 1 heterocycles. The van der Waals surface area contributed by atoms with E-state index in [1.54, 1.807) is 12.1 Å². The summed E-state index contributed by atoms with van der Waals surface area (Å²) in [6.07, 6.45) is -4.33. The number of anilines is 1. The lowest BCUT2D eigenvalue weighted by atomic mass is 10.1. The van der Waals surface area contributed by atoms with E-state index in [2.05, 4.69) is 10.2 Å². The fraction of sp³-hybridized carbons (Fsp3) is 0.409. The van der Waals surface area contributed by atoms with Gasteiger partial charge in [-0.2, -0.15) is 13.2 Å². The first-order chi connectivity index (χ1) is 15.2. The number of rotatable bonds is 7. The highest BCUT2D eigenvalue weighted by atomic mass is 35.5. The van der Waals surface area contributed by atoms with Gasteiger partial charge in [0.15, 0.2) is 0 Å². The van der Waals surface area contributed by atoms with Crippen LogP contribution in [0, 0.1) is 0 Å². The molecule has 32 heavy (non-hydrogen) atoms. The topological polar surface area (TPSA) is 54.0 Å². The van der Waals surface area contributed by atoms with Gasteiger partial charge in [-0.15, -0.1) is 0 Å². The fourth-order valence-electron chi connectivity index (χ4n) is 3.51. The zero-order chi connectivity index (χ0) is 23.3. The van der Waals surface area contributed by atoms with Gasteiger partial charge in [0.25, 0.3) is 0 Å². The molecule has 0 atom stereocenters. The summed E-state index contributed by atoms with van der Waals surface area (Å²) in [5.41, 5.74) is 0.652. The second-order valence-electron chi connectivity index (χ2n) is 7.48. The van der Waals surface area contributed by atoms with Gasteiger partial charge in [0.1, 0.15) is 11.5 Å². The maximum atomic E-state index is 12.7. The minimum atomic E-state index is -4.33. The Morgan fingerprint density at radius 3 is 2.16 bits per heavy atom. The van der Waals surface area contributed by atoms with Crippen LogP contribution in [0.2, 0.25) is 5.02 Å². The highest BCUT2D eigenvalue weighted by Crippen LogP contribution is 2.35. The van der Waals surface area contributed by atoms with Crippen LogP contribution in [-0.4, -0.2) is 62.7 Å². The lowest BCUT2D eigenvalue weighted by Crippen LogP contribution is -2.48. The highest BCUT2D eigenvalue weighted by molar-refractivity contribution is 6.32. The average molecular weight is 472 g/mol. The number of amides is 1. The van der Waals surface area contributed by atoms with E-state index < -0.39 is 11.7 Å². The van der Waals surface area contributed by atoms with Gasteiger partial charge in [0.2, 0.25) is 5.91 Å². The van der Waals surface area contributed by atoms with Crippen molar-refractivity contribution >= 4 is 23.2 Å². The Morgan fingerprint density at radius 1 is 1.00 bits per heavy atom. The monoisotopic (exact) mass is 471 g/mol. The Balaban J connectivity index is 1.49. The summed E-state index contributed by atoms with van der Waals surface area (Å²) >= 11 is 6.09. The number of nitrogens with zero attached hydrogens (tertiary/aromatic N) is 2. The smallest absolute Gasteiger partial charge is 0.416 e. The molecule has 1 amide bonds. The fourth-order valence-corrected chi connectivity index (χ4v) is 3.74. The highest BCUT2D eigenvalue weighted by Gasteiger charge is 2.30. The lowest BCUT2D eigenvalue weighted by molar-refractivity contribution is -0.137. The van der Waals surface area contributed by atoms with Gasteiger partial charge in [-0.3, -0.25) is 14.6 Å². The van der Waals surface area contributed by atoms with Gasteiger partial charge < -0.3 is 14.8 Å². The van der Waals surface area contributed by atoms with Crippen LogP contribution in [0.5, 0.6) is 11.5 Å². The molecule has 2 aromatic rings. The summed E-state index contributed by atoms with van der Waals surface area (Å²) in [6, 6.07) is 8.43. The Morgan fingerprint density at radius 2 is 1.59 bits per heavy atom. The first kappa shape index (κ1) is 24.2. The third-order valence-electron chi connectivity index (χ3n) is 5.27. The van der Waals surface area contributed by atoms with E-state index in [0.29, 0.717) is 54.9 Å². The lowest BCUT2D eigenvalue weighted by Gasteiger charge is -2.34. The van der Waals surface area contributed by atoms with Gasteiger partial charge in [-0.05, 0) is 17.7 Å². The number of benzene rings is 2. The van der Waals surface area contributed by atoms with Gasteiger partial charge in [-0.1, -0.05) is 23.7 Å². The molecule has 0 aliphatic carbocycles. The van der Waals surface area contributed by atoms with Gasteiger partial charge in [0, 0.05) is 44.9 Å². The molecule has 3 rings (SSSR count). The van der Waals surface area contributed by atoms with Crippen LogP contribution in [0.25, 0.3) is 0 Å². The molecule has 1 aliphatic rings. The number of carbonyl (C=O) groups is 1. The van der Waals surface area contributed by atoms with E-state index in [1.807, 2.05) is 4.90 Å². The minimum absolute atomic E-state index is 0.191.